The van der Waals surface area contributed by atoms with Gasteiger partial charge in [-0.3, -0.25) is 4.98 Å². The summed E-state index contributed by atoms with van der Waals surface area (Å²) >= 11 is 18.1. The number of pyridine rings is 1. The molecule has 1 N–H and O–H groups in total. The number of benzene rings is 2. The van der Waals surface area contributed by atoms with Gasteiger partial charge in [0.2, 0.25) is 5.89 Å². The van der Waals surface area contributed by atoms with Crippen LogP contribution in [0.5, 0.6) is 5.75 Å². The normalized spacial score (nSPS) is 11.4. The molecule has 0 radical (unpaired) electrons. The van der Waals surface area contributed by atoms with Gasteiger partial charge >= 0.3 is 11.7 Å². The maximum atomic E-state index is 12.1. The standard InChI is InChI=1S/C15H18Cl2N2O3.C11H8ClNO2/c1-8(2)21-12-7-11(9(16)6-10(12)17)19-14(20)22-13(18-19)15(3,4)5;1-6-4-7-2-3-8(12)9(11(14)15)10(7)13-5-6/h6-8H,1-5H3;2-5H,1H3,(H,14,15). The van der Waals surface area contributed by atoms with Gasteiger partial charge in [0, 0.05) is 23.1 Å². The number of carboxylic acids is 1. The Morgan fingerprint density at radius 1 is 1.08 bits per heavy atom. The first-order chi connectivity index (χ1) is 17.2. The van der Waals surface area contributed by atoms with E-state index < -0.39 is 11.7 Å². The van der Waals surface area contributed by atoms with Gasteiger partial charge < -0.3 is 14.3 Å². The smallest absolute Gasteiger partial charge is 0.442 e. The molecule has 0 aliphatic heterocycles. The number of hydrogen-bond donors (Lipinski definition) is 1. The van der Waals surface area contributed by atoms with E-state index >= 15 is 0 Å². The molecule has 0 atom stereocenters. The molecule has 196 valence electrons. The minimum absolute atomic E-state index is 0.0640. The number of fused-ring (bicyclic) bond motifs is 1. The Morgan fingerprint density at radius 2 is 1.76 bits per heavy atom. The van der Waals surface area contributed by atoms with Gasteiger partial charge in [0.25, 0.3) is 0 Å². The molecule has 0 unspecified atom stereocenters. The van der Waals surface area contributed by atoms with E-state index in [1.54, 1.807) is 24.4 Å². The topological polar surface area (TPSA) is 107 Å². The van der Waals surface area contributed by atoms with Gasteiger partial charge in [-0.15, -0.1) is 5.10 Å². The van der Waals surface area contributed by atoms with Gasteiger partial charge in [0.15, 0.2) is 0 Å². The van der Waals surface area contributed by atoms with E-state index in [0.717, 1.165) is 15.6 Å². The van der Waals surface area contributed by atoms with E-state index in [1.807, 2.05) is 47.6 Å². The van der Waals surface area contributed by atoms with Crippen molar-refractivity contribution in [1.82, 2.24) is 14.8 Å². The number of nitrogens with zero attached hydrogens (tertiary/aromatic N) is 3. The molecule has 0 amide bonds. The highest BCUT2D eigenvalue weighted by atomic mass is 35.5. The summed E-state index contributed by atoms with van der Waals surface area (Å²) in [6.07, 6.45) is 1.57. The van der Waals surface area contributed by atoms with Crippen molar-refractivity contribution in [2.45, 2.75) is 53.1 Å². The van der Waals surface area contributed by atoms with Crippen LogP contribution in [0.2, 0.25) is 15.1 Å². The van der Waals surface area contributed by atoms with Gasteiger partial charge in [-0.1, -0.05) is 61.6 Å². The number of aryl methyl sites for hydroxylation is 1. The summed E-state index contributed by atoms with van der Waals surface area (Å²) in [5.74, 6) is -0.898. The van der Waals surface area contributed by atoms with E-state index in [-0.39, 0.29) is 27.1 Å². The SMILES string of the molecule is CC(C)Oc1cc(-n2nc(C(C)(C)C)oc2=O)c(Cl)cc1Cl.Cc1cnc2c(C(=O)O)c(Cl)ccc2c1. The third kappa shape index (κ3) is 6.63. The van der Waals surface area contributed by atoms with Crippen molar-refractivity contribution >= 4 is 51.7 Å². The molecule has 2 aromatic carbocycles. The van der Waals surface area contributed by atoms with Crippen molar-refractivity contribution in [3.8, 4) is 11.4 Å². The maximum absolute atomic E-state index is 12.1. The number of aromatic nitrogens is 3. The molecule has 0 saturated carbocycles. The highest BCUT2D eigenvalue weighted by Crippen LogP contribution is 2.33. The number of carbonyl (C=O) groups is 1. The zero-order chi connectivity index (χ0) is 27.7. The fraction of sp³-hybridized carbons (Fsp3) is 0.308. The molecule has 0 fully saturated rings. The first-order valence-corrected chi connectivity index (χ1v) is 12.4. The van der Waals surface area contributed by atoms with Crippen LogP contribution >= 0.6 is 34.8 Å². The highest BCUT2D eigenvalue weighted by Gasteiger charge is 2.24. The Balaban J connectivity index is 0.000000220. The van der Waals surface area contributed by atoms with Gasteiger partial charge in [-0.25, -0.2) is 9.59 Å². The molecular weight excluding hydrogens is 541 g/mol. The average molecular weight is 567 g/mol. The van der Waals surface area contributed by atoms with E-state index in [9.17, 15) is 9.59 Å². The van der Waals surface area contributed by atoms with Gasteiger partial charge in [-0.05, 0) is 44.5 Å². The van der Waals surface area contributed by atoms with Gasteiger partial charge in [-0.2, -0.15) is 4.68 Å². The summed E-state index contributed by atoms with van der Waals surface area (Å²) in [5.41, 5.74) is 1.46. The number of hydrogen-bond acceptors (Lipinski definition) is 6. The van der Waals surface area contributed by atoms with Crippen molar-refractivity contribution in [2.75, 3.05) is 0 Å². The zero-order valence-electron chi connectivity index (χ0n) is 21.1. The molecule has 4 aromatic rings. The van der Waals surface area contributed by atoms with Gasteiger partial charge in [0.05, 0.1) is 32.4 Å². The lowest BCUT2D eigenvalue weighted by atomic mass is 9.97. The van der Waals surface area contributed by atoms with E-state index in [2.05, 4.69) is 10.1 Å². The van der Waals surface area contributed by atoms with Crippen LogP contribution in [0, 0.1) is 6.92 Å². The van der Waals surface area contributed by atoms with Crippen LogP contribution in [0.25, 0.3) is 16.6 Å². The fourth-order valence-electron chi connectivity index (χ4n) is 3.25. The second-order valence-corrected chi connectivity index (χ2v) is 10.8. The van der Waals surface area contributed by atoms with E-state index in [1.165, 1.54) is 6.07 Å². The number of rotatable bonds is 4. The second kappa shape index (κ2) is 11.1. The van der Waals surface area contributed by atoms with Crippen LogP contribution in [-0.2, 0) is 5.41 Å². The monoisotopic (exact) mass is 565 g/mol. The molecule has 0 saturated heterocycles. The lowest BCUT2D eigenvalue weighted by Gasteiger charge is -2.13. The summed E-state index contributed by atoms with van der Waals surface area (Å²) < 4.78 is 11.9. The molecule has 0 spiro atoms. The average Bonchev–Trinajstić information content (AvgIpc) is 3.17. The minimum atomic E-state index is -1.05. The van der Waals surface area contributed by atoms with Crippen molar-refractivity contribution in [1.29, 1.82) is 0 Å². The minimum Gasteiger partial charge on any atom is -0.489 e. The molecule has 0 aliphatic rings. The zero-order valence-corrected chi connectivity index (χ0v) is 23.4. The lowest BCUT2D eigenvalue weighted by Crippen LogP contribution is -2.15. The van der Waals surface area contributed by atoms with E-state index in [0.29, 0.717) is 27.9 Å². The second-order valence-electron chi connectivity index (χ2n) is 9.55. The Hall–Kier alpha value is -3.07. The number of carboxylic acid groups (broad SMARTS) is 1. The summed E-state index contributed by atoms with van der Waals surface area (Å²) in [6.45, 7) is 11.4. The number of aromatic carboxylic acids is 1. The van der Waals surface area contributed by atoms with Crippen molar-refractivity contribution in [2.24, 2.45) is 0 Å². The van der Waals surface area contributed by atoms with Crippen LogP contribution in [-0.4, -0.2) is 31.9 Å². The number of ether oxygens (including phenoxy) is 1. The molecule has 4 rings (SSSR count). The fourth-order valence-corrected chi connectivity index (χ4v) is 3.99. The van der Waals surface area contributed by atoms with E-state index in [4.69, 9.17) is 49.1 Å². The van der Waals surface area contributed by atoms with Crippen molar-refractivity contribution < 1.29 is 19.1 Å². The summed E-state index contributed by atoms with van der Waals surface area (Å²) in [5, 5.41) is 14.9. The molecule has 8 nitrogen and oxygen atoms in total. The van der Waals surface area contributed by atoms with Crippen LogP contribution in [0.1, 0.15) is 56.4 Å². The summed E-state index contributed by atoms with van der Waals surface area (Å²) in [6, 6.07) is 8.33. The molecule has 0 aliphatic carbocycles. The number of halogens is 3. The van der Waals surface area contributed by atoms with Crippen molar-refractivity contribution in [3.63, 3.8) is 0 Å². The third-order valence-electron chi connectivity index (χ3n) is 4.93. The van der Waals surface area contributed by atoms with Gasteiger partial charge in [0.1, 0.15) is 11.3 Å². The predicted molar refractivity (Wildman–Crippen MR) is 145 cm³/mol. The Bertz CT molecular complexity index is 1520. The van der Waals surface area contributed by atoms with Crippen LogP contribution in [0.3, 0.4) is 0 Å². The maximum Gasteiger partial charge on any atom is 0.442 e. The molecule has 2 aromatic heterocycles. The molecule has 0 bridgehead atoms. The summed E-state index contributed by atoms with van der Waals surface area (Å²) in [7, 11) is 0. The summed E-state index contributed by atoms with van der Waals surface area (Å²) in [4.78, 5) is 27.2. The first-order valence-electron chi connectivity index (χ1n) is 11.2. The predicted octanol–water partition coefficient (Wildman–Crippen LogP) is 7.11. The van der Waals surface area contributed by atoms with Crippen LogP contribution in [0.15, 0.2) is 45.7 Å². The third-order valence-corrected chi connectivity index (χ3v) is 5.85. The molecular formula is C26H26Cl3N3O5. The van der Waals surface area contributed by atoms with Crippen molar-refractivity contribution in [3.05, 3.63) is 79.2 Å². The molecule has 11 heteroatoms. The first kappa shape index (κ1) is 28.5. The van der Waals surface area contributed by atoms with Crippen LogP contribution in [0.4, 0.5) is 0 Å². The lowest BCUT2D eigenvalue weighted by molar-refractivity contribution is 0.0699. The Labute approximate surface area is 228 Å². The molecule has 37 heavy (non-hydrogen) atoms. The van der Waals surface area contributed by atoms with Crippen LogP contribution < -0.4 is 10.5 Å². The Morgan fingerprint density at radius 3 is 2.32 bits per heavy atom. The quantitative estimate of drug-likeness (QED) is 0.280. The largest absolute Gasteiger partial charge is 0.489 e. The molecule has 2 heterocycles. The Kier molecular flexibility index (Phi) is 8.57. The highest BCUT2D eigenvalue weighted by molar-refractivity contribution is 6.36.